The Morgan fingerprint density at radius 2 is 2.17 bits per heavy atom. The molecule has 0 aromatic heterocycles. The maximum atomic E-state index is 9.87. The average Bonchev–Trinajstić information content (AvgIpc) is 1.65. The van der Waals surface area contributed by atoms with Gasteiger partial charge in [-0.25, -0.2) is 5.11 Å². The molecule has 0 aliphatic rings. The lowest BCUT2D eigenvalue weighted by atomic mass is 10.3. The van der Waals surface area contributed by atoms with Crippen molar-refractivity contribution in [1.29, 1.82) is 0 Å². The minimum absolute atomic E-state index is 0.213. The molecule has 0 saturated carbocycles. The van der Waals surface area contributed by atoms with Gasteiger partial charge in [-0.1, -0.05) is 6.92 Å². The molecule has 0 aliphatic carbocycles. The molecule has 0 N–H and O–H groups in total. The van der Waals surface area contributed by atoms with Gasteiger partial charge in [0.05, 0.1) is 0 Å². The van der Waals surface area contributed by atoms with Gasteiger partial charge in [-0.05, 0) is 0 Å². The van der Waals surface area contributed by atoms with Crippen molar-refractivity contribution in [2.24, 2.45) is 0 Å². The van der Waals surface area contributed by atoms with Crippen LogP contribution in [0.4, 0.5) is 0 Å². The highest BCUT2D eigenvalue weighted by Crippen LogP contribution is 1.74. The Kier molecular flexibility index (Phi) is 2.67. The van der Waals surface area contributed by atoms with Crippen LogP contribution >= 0.6 is 0 Å². The zero-order valence-electron chi connectivity index (χ0n) is 3.73. The van der Waals surface area contributed by atoms with Gasteiger partial charge in [0.1, 0.15) is 6.61 Å². The normalized spacial score (nSPS) is 8.33. The Morgan fingerprint density at radius 1 is 1.67 bits per heavy atom. The lowest BCUT2D eigenvalue weighted by Crippen LogP contribution is -1.97. The third kappa shape index (κ3) is 1.91. The monoisotopic (exact) mass is 87.0 g/mol. The van der Waals surface area contributed by atoms with Gasteiger partial charge in [-0.15, -0.1) is 0 Å². The Labute approximate surface area is 36.8 Å². The summed E-state index contributed by atoms with van der Waals surface area (Å²) >= 11 is 0. The van der Waals surface area contributed by atoms with Gasteiger partial charge in [-0.2, -0.15) is 0 Å². The molecule has 0 bridgehead atoms. The van der Waals surface area contributed by atoms with Crippen LogP contribution in [-0.4, -0.2) is 12.4 Å². The highest BCUT2D eigenvalue weighted by atomic mass is 16.3. The number of hydrogen-bond acceptors (Lipinski definition) is 1. The maximum Gasteiger partial charge on any atom is 0.161 e. The second-order valence-corrected chi connectivity index (χ2v) is 1.04. The number of rotatable bonds is 2. The number of Topliss-reactive ketones (excluding diaryl/α,β-unsaturated/α-hetero) is 1. The minimum atomic E-state index is -0.559. The molecular weight excluding hydrogens is 80.0 g/mol. The molecule has 0 aromatic carbocycles. The predicted octanol–water partition coefficient (Wildman–Crippen LogP) is 0.396. The van der Waals surface area contributed by atoms with Crippen molar-refractivity contribution in [1.82, 2.24) is 0 Å². The number of carbonyl (C=O) groups is 1. The lowest BCUT2D eigenvalue weighted by Gasteiger charge is -1.78. The topological polar surface area (TPSA) is 37.0 Å². The Hall–Kier alpha value is -0.370. The summed E-state index contributed by atoms with van der Waals surface area (Å²) in [7, 11) is 0. The van der Waals surface area contributed by atoms with Gasteiger partial charge in [-0.3, -0.25) is 4.79 Å². The molecule has 0 aromatic rings. The summed E-state index contributed by atoms with van der Waals surface area (Å²) < 4.78 is 0. The molecule has 0 saturated heterocycles. The molecule has 1 radical (unpaired) electrons. The molecule has 0 fully saturated rings. The van der Waals surface area contributed by atoms with Crippen LogP contribution in [0.5, 0.6) is 0 Å². The van der Waals surface area contributed by atoms with Crippen molar-refractivity contribution in [2.45, 2.75) is 13.3 Å². The van der Waals surface area contributed by atoms with E-state index in [9.17, 15) is 9.90 Å². The van der Waals surface area contributed by atoms with E-state index in [0.717, 1.165) is 0 Å². The van der Waals surface area contributed by atoms with Crippen molar-refractivity contribution in [3.8, 4) is 0 Å². The van der Waals surface area contributed by atoms with Gasteiger partial charge in [0.2, 0.25) is 0 Å². The van der Waals surface area contributed by atoms with Crippen LogP contribution in [0.1, 0.15) is 13.3 Å². The van der Waals surface area contributed by atoms with Crippen LogP contribution < -0.4 is 0 Å². The van der Waals surface area contributed by atoms with Crippen LogP contribution in [0.15, 0.2) is 0 Å². The van der Waals surface area contributed by atoms with E-state index in [-0.39, 0.29) is 5.78 Å². The maximum absolute atomic E-state index is 9.87. The SMILES string of the molecule is CCC(=O)C[O]. The van der Waals surface area contributed by atoms with Crippen molar-refractivity contribution in [3.05, 3.63) is 0 Å². The van der Waals surface area contributed by atoms with Crippen molar-refractivity contribution in [2.75, 3.05) is 6.61 Å². The molecular formula is C4H7O2. The van der Waals surface area contributed by atoms with Crippen LogP contribution in [0.2, 0.25) is 0 Å². The second kappa shape index (κ2) is 2.85. The van der Waals surface area contributed by atoms with E-state index in [1.165, 1.54) is 0 Å². The van der Waals surface area contributed by atoms with Crippen molar-refractivity contribution in [3.63, 3.8) is 0 Å². The van der Waals surface area contributed by atoms with Gasteiger partial charge < -0.3 is 0 Å². The standard InChI is InChI=1S/C4H7O2/c1-2-4(6)3-5/h2-3H2,1H3. The molecule has 0 atom stereocenters. The van der Waals surface area contributed by atoms with E-state index in [1.54, 1.807) is 6.92 Å². The van der Waals surface area contributed by atoms with E-state index in [2.05, 4.69) is 0 Å². The van der Waals surface area contributed by atoms with Crippen LogP contribution in [-0.2, 0) is 9.90 Å². The molecule has 0 spiro atoms. The van der Waals surface area contributed by atoms with E-state index >= 15 is 0 Å². The third-order valence-corrected chi connectivity index (χ3v) is 0.555. The lowest BCUT2D eigenvalue weighted by molar-refractivity contribution is -0.123. The summed E-state index contributed by atoms with van der Waals surface area (Å²) in [5.74, 6) is -0.213. The summed E-state index contributed by atoms with van der Waals surface area (Å²) in [4.78, 5) is 9.87. The first-order chi connectivity index (χ1) is 2.81. The molecule has 0 unspecified atom stereocenters. The Bertz CT molecular complexity index is 43.5. The highest BCUT2D eigenvalue weighted by molar-refractivity contribution is 5.78. The molecule has 35 valence electrons. The van der Waals surface area contributed by atoms with Crippen molar-refractivity contribution >= 4 is 5.78 Å². The first-order valence-electron chi connectivity index (χ1n) is 1.91. The molecule has 2 heteroatoms. The molecule has 0 amide bonds. The first-order valence-corrected chi connectivity index (χ1v) is 1.91. The van der Waals surface area contributed by atoms with Crippen LogP contribution in [0, 0.1) is 0 Å². The smallest absolute Gasteiger partial charge is 0.161 e. The van der Waals surface area contributed by atoms with Gasteiger partial charge in [0.15, 0.2) is 5.78 Å². The second-order valence-electron chi connectivity index (χ2n) is 1.04. The summed E-state index contributed by atoms with van der Waals surface area (Å²) in [6.45, 7) is 1.12. The molecule has 0 heterocycles. The molecule has 0 aliphatic heterocycles. The third-order valence-electron chi connectivity index (χ3n) is 0.555. The van der Waals surface area contributed by atoms with Gasteiger partial charge >= 0.3 is 0 Å². The summed E-state index contributed by atoms with van der Waals surface area (Å²) in [5, 5.41) is 9.51. The van der Waals surface area contributed by atoms with E-state index < -0.39 is 6.61 Å². The number of ketones is 1. The largest absolute Gasteiger partial charge is 0.297 e. The predicted molar refractivity (Wildman–Crippen MR) is 20.9 cm³/mol. The summed E-state index contributed by atoms with van der Waals surface area (Å²) in [5.41, 5.74) is 0. The first kappa shape index (κ1) is 5.63. The Balaban J connectivity index is 2.99. The summed E-state index contributed by atoms with van der Waals surface area (Å²) in [6.07, 6.45) is 0.378. The summed E-state index contributed by atoms with van der Waals surface area (Å²) in [6, 6.07) is 0. The molecule has 6 heavy (non-hydrogen) atoms. The zero-order chi connectivity index (χ0) is 4.99. The highest BCUT2D eigenvalue weighted by Gasteiger charge is 1.90. The van der Waals surface area contributed by atoms with Crippen LogP contribution in [0.25, 0.3) is 0 Å². The van der Waals surface area contributed by atoms with E-state index in [4.69, 9.17) is 0 Å². The number of carbonyl (C=O) groups excluding carboxylic acids is 1. The molecule has 2 nitrogen and oxygen atoms in total. The quantitative estimate of drug-likeness (QED) is 0.480. The van der Waals surface area contributed by atoms with Gasteiger partial charge in [0.25, 0.3) is 0 Å². The van der Waals surface area contributed by atoms with E-state index in [0.29, 0.717) is 6.42 Å². The number of hydrogen-bond donors (Lipinski definition) is 0. The van der Waals surface area contributed by atoms with Gasteiger partial charge in [0, 0.05) is 6.42 Å². The molecule has 0 rings (SSSR count). The fourth-order valence-corrected chi connectivity index (χ4v) is 0.102. The fraction of sp³-hybridized carbons (Fsp3) is 0.750. The zero-order valence-corrected chi connectivity index (χ0v) is 3.73. The van der Waals surface area contributed by atoms with E-state index in [1.807, 2.05) is 0 Å². The van der Waals surface area contributed by atoms with Crippen molar-refractivity contribution < 1.29 is 9.90 Å². The average molecular weight is 87.1 g/mol. The fourth-order valence-electron chi connectivity index (χ4n) is 0.102. The minimum Gasteiger partial charge on any atom is -0.297 e. The van der Waals surface area contributed by atoms with Crippen LogP contribution in [0.3, 0.4) is 0 Å². The Morgan fingerprint density at radius 3 is 2.17 bits per heavy atom.